The predicted octanol–water partition coefficient (Wildman–Crippen LogP) is 6.03. The van der Waals surface area contributed by atoms with Crippen molar-refractivity contribution in [2.75, 3.05) is 20.5 Å². The molecule has 0 aliphatic carbocycles. The lowest BCUT2D eigenvalue weighted by atomic mass is 10.0. The van der Waals surface area contributed by atoms with Gasteiger partial charge in [0.25, 0.3) is 0 Å². The zero-order valence-electron chi connectivity index (χ0n) is 26.7. The van der Waals surface area contributed by atoms with E-state index >= 15 is 0 Å². The minimum atomic E-state index is -2.99. The number of rotatable bonds is 16. The van der Waals surface area contributed by atoms with Crippen molar-refractivity contribution in [2.45, 2.75) is 83.6 Å². The first-order valence-corrected chi connectivity index (χ1v) is 9.71. The number of carbonyl (C=O) groups is 1. The van der Waals surface area contributed by atoms with Crippen LogP contribution in [0.4, 0.5) is 0 Å². The van der Waals surface area contributed by atoms with Crippen LogP contribution < -0.4 is 0 Å². The molecule has 0 aliphatic heterocycles. The van der Waals surface area contributed by atoms with Crippen LogP contribution in [0.1, 0.15) is 97.7 Å². The minimum Gasteiger partial charge on any atom is -0.481 e. The Morgan fingerprint density at radius 1 is 0.885 bits per heavy atom. The van der Waals surface area contributed by atoms with Crippen LogP contribution in [-0.2, 0) is 11.3 Å². The van der Waals surface area contributed by atoms with Crippen molar-refractivity contribution in [2.24, 2.45) is 0 Å². The molecule has 0 bridgehead atoms. The Kier molecular flexibility index (Phi) is 5.76. The van der Waals surface area contributed by atoms with Gasteiger partial charge in [0.1, 0.15) is 6.54 Å². The summed E-state index contributed by atoms with van der Waals surface area (Å²) < 4.78 is 86.8. The molecule has 1 rings (SSSR count). The van der Waals surface area contributed by atoms with E-state index in [0.29, 0.717) is 19.3 Å². The van der Waals surface area contributed by atoms with Gasteiger partial charge >= 0.3 is 5.97 Å². The number of hydrogen-bond donors (Lipinski definition) is 1. The van der Waals surface area contributed by atoms with Crippen molar-refractivity contribution < 1.29 is 29.5 Å². The maximum absolute atomic E-state index is 10.5. The summed E-state index contributed by atoms with van der Waals surface area (Å²) in [7, 11) is 0. The van der Waals surface area contributed by atoms with E-state index in [1.807, 2.05) is 0 Å². The maximum atomic E-state index is 10.5. The van der Waals surface area contributed by atoms with E-state index in [2.05, 4.69) is 0 Å². The molecule has 148 valence electrons. The van der Waals surface area contributed by atoms with E-state index in [1.165, 1.54) is 0 Å². The summed E-state index contributed by atoms with van der Waals surface area (Å²) in [6, 6.07) is -3.01. The number of hydrogen-bond acceptors (Lipinski definition) is 1. The van der Waals surface area contributed by atoms with Crippen LogP contribution in [0.2, 0.25) is 0 Å². The average Bonchev–Trinajstić information content (AvgIpc) is 2.79. The number of aliphatic carboxylic acids is 1. The van der Waals surface area contributed by atoms with Gasteiger partial charge in [0.05, 0.1) is 35.6 Å². The molecular formula is C23H40NO2+. The van der Waals surface area contributed by atoms with Crippen LogP contribution in [0.25, 0.3) is 0 Å². The molecule has 0 spiro atoms. The first kappa shape index (κ1) is 10.8. The molecule has 0 unspecified atom stereocenters. The largest absolute Gasteiger partial charge is 0.481 e. The smallest absolute Gasteiger partial charge is 0.303 e. The Morgan fingerprint density at radius 2 is 1.38 bits per heavy atom. The Hall–Kier alpha value is -1.35. The van der Waals surface area contributed by atoms with Crippen LogP contribution >= 0.6 is 0 Å². The Balaban J connectivity index is 2.72. The van der Waals surface area contributed by atoms with Crippen molar-refractivity contribution in [1.82, 2.24) is 0 Å². The zero-order chi connectivity index (χ0) is 28.4. The quantitative estimate of drug-likeness (QED) is 0.218. The molecule has 0 saturated heterocycles. The second-order valence-electron chi connectivity index (χ2n) is 6.99. The van der Waals surface area contributed by atoms with Gasteiger partial charge in [-0.15, -0.1) is 0 Å². The van der Waals surface area contributed by atoms with Gasteiger partial charge in [-0.05, 0) is 19.3 Å². The number of unbranched alkanes of at least 4 members (excludes halogenated alkanes) is 10. The summed E-state index contributed by atoms with van der Waals surface area (Å²) >= 11 is 0. The molecule has 1 aromatic carbocycles. The van der Waals surface area contributed by atoms with Crippen LogP contribution in [0, 0.1) is 0 Å². The predicted molar refractivity (Wildman–Crippen MR) is 110 cm³/mol. The monoisotopic (exact) mass is 375 g/mol. The van der Waals surface area contributed by atoms with E-state index in [-0.39, 0.29) is 18.5 Å². The molecule has 3 heteroatoms. The summed E-state index contributed by atoms with van der Waals surface area (Å²) in [5.41, 5.74) is -0.304. The van der Waals surface area contributed by atoms with Crippen LogP contribution in [0.5, 0.6) is 0 Å². The van der Waals surface area contributed by atoms with E-state index in [1.54, 1.807) is 0 Å². The second-order valence-corrected chi connectivity index (χ2v) is 6.99. The Labute approximate surface area is 176 Å². The van der Waals surface area contributed by atoms with E-state index in [4.69, 9.17) is 20.2 Å². The molecule has 26 heavy (non-hydrogen) atoms. The van der Waals surface area contributed by atoms with E-state index in [0.717, 1.165) is 51.4 Å². The standard InChI is InChI=1S/C23H39NO2/c1-24(2,21-22-17-13-12-14-18-22)20-16-11-9-7-5-3-4-6-8-10-15-19-23(25)26/h12-14,17-18H,3-11,15-16,19-21H2,1-2H3/p+1/i1+1D3,2+1D3,12D,13D,14D,17D,18D. The third kappa shape index (κ3) is 12.9. The van der Waals surface area contributed by atoms with Gasteiger partial charge in [0, 0.05) is 12.0 Å². The third-order valence-electron chi connectivity index (χ3n) is 4.41. The summed E-state index contributed by atoms with van der Waals surface area (Å²) in [6.45, 7) is -6.92. The van der Waals surface area contributed by atoms with Crippen molar-refractivity contribution in [3.63, 3.8) is 0 Å². The molecule has 0 aromatic heterocycles. The molecule has 1 aromatic rings. The lowest BCUT2D eigenvalue weighted by molar-refractivity contribution is -0.903. The molecule has 1 N–H and O–H groups in total. The first-order chi connectivity index (χ1) is 17.1. The summed E-state index contributed by atoms with van der Waals surface area (Å²) in [5, 5.41) is 8.62. The molecule has 0 amide bonds. The van der Waals surface area contributed by atoms with Gasteiger partial charge in [0.15, 0.2) is 0 Å². The Morgan fingerprint density at radius 3 is 1.88 bits per heavy atom. The van der Waals surface area contributed by atoms with E-state index in [9.17, 15) is 4.79 Å². The maximum Gasteiger partial charge on any atom is 0.303 e. The second kappa shape index (κ2) is 13.8. The topological polar surface area (TPSA) is 37.3 Å². The highest BCUT2D eigenvalue weighted by Crippen LogP contribution is 2.14. The van der Waals surface area contributed by atoms with Crippen LogP contribution in [-0.4, -0.2) is 36.1 Å². The van der Waals surface area contributed by atoms with Crippen molar-refractivity contribution in [1.29, 1.82) is 0 Å². The van der Waals surface area contributed by atoms with Gasteiger partial charge in [0.2, 0.25) is 0 Å². The van der Waals surface area contributed by atoms with Gasteiger partial charge in [-0.3, -0.25) is 4.79 Å². The molecule has 0 fully saturated rings. The molecular weight excluding hydrogens is 324 g/mol. The minimum absolute atomic E-state index is 0.214. The molecule has 0 aliphatic rings. The molecule has 0 radical (unpaired) electrons. The first-order valence-electron chi connectivity index (χ1n) is 15.2. The van der Waals surface area contributed by atoms with E-state index < -0.39 is 61.2 Å². The lowest BCUT2D eigenvalue weighted by Gasteiger charge is -2.30. The number of nitrogens with zero attached hydrogens (tertiary/aromatic N) is 1. The van der Waals surface area contributed by atoms with Crippen molar-refractivity contribution in [3.05, 3.63) is 35.8 Å². The summed E-state index contributed by atoms with van der Waals surface area (Å²) in [4.78, 5) is 10.5. The average molecular weight is 376 g/mol. The molecule has 0 saturated carbocycles. The van der Waals surface area contributed by atoms with Gasteiger partial charge < -0.3 is 9.59 Å². The summed E-state index contributed by atoms with van der Waals surface area (Å²) in [5.74, 6) is -0.761. The fourth-order valence-corrected chi connectivity index (χ4v) is 2.95. The number of benzene rings is 1. The fourth-order valence-electron chi connectivity index (χ4n) is 2.95. The SMILES string of the molecule is [2H]c1c([2H])c([2H])c(C[N+](CCCCCCCCCCCCCC(=O)O)([13C]([2H])([2H])[2H])[13C]([2H])([2H])[2H])c([2H])c1[2H]. The van der Waals surface area contributed by atoms with Gasteiger partial charge in [-0.1, -0.05) is 81.6 Å². The third-order valence-corrected chi connectivity index (χ3v) is 4.41. The number of carboxylic acids is 1. The normalized spacial score (nSPS) is 18.7. The van der Waals surface area contributed by atoms with Crippen LogP contribution in [0.3, 0.4) is 0 Å². The summed E-state index contributed by atoms with van der Waals surface area (Å²) in [6.07, 6.45) is 9.75. The van der Waals surface area contributed by atoms with Gasteiger partial charge in [-0.2, -0.15) is 0 Å². The lowest BCUT2D eigenvalue weighted by Crippen LogP contribution is -2.39. The van der Waals surface area contributed by atoms with Crippen LogP contribution in [0.15, 0.2) is 30.2 Å². The fraction of sp³-hybridized carbons (Fsp3) is 0.696. The highest BCUT2D eigenvalue weighted by molar-refractivity contribution is 5.66. The van der Waals surface area contributed by atoms with Crippen molar-refractivity contribution in [3.8, 4) is 0 Å². The molecule has 3 nitrogen and oxygen atoms in total. The van der Waals surface area contributed by atoms with Gasteiger partial charge in [-0.25, -0.2) is 0 Å². The van der Waals surface area contributed by atoms with Crippen molar-refractivity contribution >= 4 is 5.97 Å². The zero-order valence-corrected chi connectivity index (χ0v) is 15.7. The highest BCUT2D eigenvalue weighted by atomic mass is 16.4. The number of carboxylic acid groups (broad SMARTS) is 1. The highest BCUT2D eigenvalue weighted by Gasteiger charge is 2.14. The Bertz CT molecular complexity index is 842. The number of quaternary nitrogens is 1. The molecule has 0 atom stereocenters. The molecule has 0 heterocycles.